The maximum Gasteiger partial charge on any atom is 0.291 e. The van der Waals surface area contributed by atoms with Crippen molar-refractivity contribution in [2.24, 2.45) is 5.73 Å². The fourth-order valence-corrected chi connectivity index (χ4v) is 3.50. The largest absolute Gasteiger partial charge is 0.329 e. The van der Waals surface area contributed by atoms with E-state index < -0.39 is 21.1 Å². The Balaban J connectivity index is 0.00000312. The molecule has 0 atom stereocenters. The zero-order chi connectivity index (χ0) is 18.1. The molecule has 2 aromatic rings. The van der Waals surface area contributed by atoms with Crippen LogP contribution in [0, 0.1) is 0 Å². The van der Waals surface area contributed by atoms with Crippen LogP contribution in [0.5, 0.6) is 0 Å². The van der Waals surface area contributed by atoms with E-state index in [4.69, 9.17) is 28.9 Å². The van der Waals surface area contributed by atoms with Crippen LogP contribution in [0.15, 0.2) is 40.2 Å². The number of hydrogen-bond acceptors (Lipinski definition) is 5. The van der Waals surface area contributed by atoms with Gasteiger partial charge in [0, 0.05) is 12.1 Å². The Morgan fingerprint density at radius 1 is 1.24 bits per heavy atom. The lowest BCUT2D eigenvalue weighted by Crippen LogP contribution is -2.48. The fraction of sp³-hybridized carbons (Fsp3) is 0.286. The second-order valence-corrected chi connectivity index (χ2v) is 8.18. The molecule has 0 aliphatic heterocycles. The van der Waals surface area contributed by atoms with Crippen molar-refractivity contribution in [2.45, 2.75) is 24.3 Å². The van der Waals surface area contributed by atoms with Crippen LogP contribution in [0.25, 0.3) is 5.69 Å². The van der Waals surface area contributed by atoms with Gasteiger partial charge in [-0.15, -0.1) is 12.4 Å². The van der Waals surface area contributed by atoms with Gasteiger partial charge in [0.15, 0.2) is 0 Å². The number of benzene rings is 1. The Labute approximate surface area is 161 Å². The third-order valence-electron chi connectivity index (χ3n) is 3.19. The number of hydrogen-bond donors (Lipinski definition) is 2. The molecule has 25 heavy (non-hydrogen) atoms. The molecule has 138 valence electrons. The summed E-state index contributed by atoms with van der Waals surface area (Å²) in [6.07, 6.45) is 1.24. The Bertz CT molecular complexity index is 912. The van der Waals surface area contributed by atoms with Crippen LogP contribution in [0.3, 0.4) is 0 Å². The lowest BCUT2D eigenvalue weighted by molar-refractivity contribution is 0.462. The van der Waals surface area contributed by atoms with E-state index in [0.29, 0.717) is 5.69 Å². The Morgan fingerprint density at radius 2 is 1.80 bits per heavy atom. The number of nitrogens with one attached hydrogen (secondary N) is 1. The summed E-state index contributed by atoms with van der Waals surface area (Å²) >= 11 is 11.5. The van der Waals surface area contributed by atoms with Gasteiger partial charge in [-0.25, -0.2) is 13.1 Å². The summed E-state index contributed by atoms with van der Waals surface area (Å²) in [6.45, 7) is 3.50. The standard InChI is InChI=1S/C14H16Cl2N4O3S.ClH/c1-14(2,8-17)19-24(22,23)10-5-3-9(4-6-10)20-13(21)12(16)11(15)7-18-20;/h3-7,19H,8,17H2,1-2H3;1H. The van der Waals surface area contributed by atoms with Gasteiger partial charge in [-0.3, -0.25) is 4.79 Å². The summed E-state index contributed by atoms with van der Waals surface area (Å²) in [5.41, 5.74) is 4.52. The molecule has 3 N–H and O–H groups in total. The van der Waals surface area contributed by atoms with Gasteiger partial charge in [0.05, 0.1) is 21.8 Å². The van der Waals surface area contributed by atoms with E-state index >= 15 is 0 Å². The highest BCUT2D eigenvalue weighted by molar-refractivity contribution is 7.89. The lowest BCUT2D eigenvalue weighted by Gasteiger charge is -2.23. The zero-order valence-electron chi connectivity index (χ0n) is 13.4. The molecule has 0 amide bonds. The average molecular weight is 428 g/mol. The highest BCUT2D eigenvalue weighted by Crippen LogP contribution is 2.18. The number of nitrogens with two attached hydrogens (primary N) is 1. The van der Waals surface area contributed by atoms with Crippen LogP contribution in [0.2, 0.25) is 10.0 Å². The van der Waals surface area contributed by atoms with Crippen molar-refractivity contribution in [1.29, 1.82) is 0 Å². The molecule has 0 spiro atoms. The molecule has 1 aromatic carbocycles. The van der Waals surface area contributed by atoms with Gasteiger partial charge in [-0.2, -0.15) is 9.78 Å². The normalized spacial score (nSPS) is 11.9. The minimum absolute atomic E-state index is 0. The third-order valence-corrected chi connectivity index (χ3v) is 5.65. The van der Waals surface area contributed by atoms with Crippen molar-refractivity contribution in [1.82, 2.24) is 14.5 Å². The summed E-state index contributed by atoms with van der Waals surface area (Å²) in [6, 6.07) is 5.62. The van der Waals surface area contributed by atoms with Gasteiger partial charge in [0.2, 0.25) is 10.0 Å². The topological polar surface area (TPSA) is 107 Å². The molecule has 0 bridgehead atoms. The molecular formula is C14H17Cl3N4O3S. The van der Waals surface area contributed by atoms with Crippen LogP contribution >= 0.6 is 35.6 Å². The second kappa shape index (κ2) is 8.03. The van der Waals surface area contributed by atoms with Crippen LogP contribution in [0.1, 0.15) is 13.8 Å². The van der Waals surface area contributed by atoms with Crippen LogP contribution in [0.4, 0.5) is 0 Å². The molecule has 0 saturated heterocycles. The molecular weight excluding hydrogens is 411 g/mol. The summed E-state index contributed by atoms with van der Waals surface area (Å²) < 4.78 is 28.2. The van der Waals surface area contributed by atoms with E-state index in [0.717, 1.165) is 4.68 Å². The third kappa shape index (κ3) is 4.93. The highest BCUT2D eigenvalue weighted by Gasteiger charge is 2.24. The number of sulfonamides is 1. The number of aromatic nitrogens is 2. The van der Waals surface area contributed by atoms with Gasteiger partial charge in [-0.05, 0) is 38.1 Å². The predicted molar refractivity (Wildman–Crippen MR) is 101 cm³/mol. The minimum atomic E-state index is -3.74. The van der Waals surface area contributed by atoms with Crippen LogP contribution < -0.4 is 16.0 Å². The van der Waals surface area contributed by atoms with Crippen molar-refractivity contribution in [3.63, 3.8) is 0 Å². The fourth-order valence-electron chi connectivity index (χ4n) is 1.83. The van der Waals surface area contributed by atoms with Crippen LogP contribution in [-0.2, 0) is 10.0 Å². The first-order valence-electron chi connectivity index (χ1n) is 6.85. The number of nitrogens with zero attached hydrogens (tertiary/aromatic N) is 2. The summed E-state index contributed by atoms with van der Waals surface area (Å²) in [7, 11) is -3.74. The smallest absolute Gasteiger partial charge is 0.291 e. The Kier molecular flexibility index (Phi) is 7.03. The van der Waals surface area contributed by atoms with Gasteiger partial charge in [0.1, 0.15) is 5.02 Å². The Morgan fingerprint density at radius 3 is 2.32 bits per heavy atom. The Hall–Kier alpha value is -1.16. The molecule has 7 nitrogen and oxygen atoms in total. The van der Waals surface area contributed by atoms with Gasteiger partial charge >= 0.3 is 0 Å². The molecule has 1 heterocycles. The monoisotopic (exact) mass is 426 g/mol. The summed E-state index contributed by atoms with van der Waals surface area (Å²) in [5.74, 6) is 0. The van der Waals surface area contributed by atoms with E-state index in [2.05, 4.69) is 9.82 Å². The average Bonchev–Trinajstić information content (AvgIpc) is 2.52. The first kappa shape index (κ1) is 21.9. The van der Waals surface area contributed by atoms with E-state index in [1.807, 2.05) is 0 Å². The predicted octanol–water partition coefficient (Wildman–Crippen LogP) is 1.98. The molecule has 0 radical (unpaired) electrons. The van der Waals surface area contributed by atoms with E-state index in [1.54, 1.807) is 13.8 Å². The minimum Gasteiger partial charge on any atom is -0.329 e. The molecule has 0 aliphatic carbocycles. The van der Waals surface area contributed by atoms with Crippen molar-refractivity contribution >= 4 is 45.6 Å². The highest BCUT2D eigenvalue weighted by atomic mass is 35.5. The summed E-state index contributed by atoms with van der Waals surface area (Å²) in [4.78, 5) is 12.1. The molecule has 0 saturated carbocycles. The van der Waals surface area contributed by atoms with Gasteiger partial charge < -0.3 is 5.73 Å². The molecule has 11 heteroatoms. The van der Waals surface area contributed by atoms with E-state index in [9.17, 15) is 13.2 Å². The molecule has 1 aromatic heterocycles. The first-order chi connectivity index (χ1) is 11.1. The van der Waals surface area contributed by atoms with E-state index in [-0.39, 0.29) is 33.9 Å². The van der Waals surface area contributed by atoms with Gasteiger partial charge in [-0.1, -0.05) is 23.2 Å². The maximum absolute atomic E-state index is 12.3. The molecule has 2 rings (SSSR count). The number of halogens is 3. The van der Waals surface area contributed by atoms with Crippen LogP contribution in [-0.4, -0.2) is 30.3 Å². The molecule has 0 aliphatic rings. The lowest BCUT2D eigenvalue weighted by atomic mass is 10.1. The summed E-state index contributed by atoms with van der Waals surface area (Å²) in [5, 5.41) is 3.77. The van der Waals surface area contributed by atoms with Crippen molar-refractivity contribution in [3.05, 3.63) is 50.9 Å². The SMILES string of the molecule is CC(C)(CN)NS(=O)(=O)c1ccc(-n2ncc(Cl)c(Cl)c2=O)cc1.Cl. The zero-order valence-corrected chi connectivity index (χ0v) is 16.5. The van der Waals surface area contributed by atoms with Gasteiger partial charge in [0.25, 0.3) is 5.56 Å². The molecule has 0 fully saturated rings. The van der Waals surface area contributed by atoms with Crippen molar-refractivity contribution < 1.29 is 8.42 Å². The van der Waals surface area contributed by atoms with E-state index in [1.165, 1.54) is 30.5 Å². The van der Waals surface area contributed by atoms with Crippen molar-refractivity contribution in [3.8, 4) is 5.69 Å². The molecule has 0 unspecified atom stereocenters. The van der Waals surface area contributed by atoms with Crippen molar-refractivity contribution in [2.75, 3.05) is 6.54 Å². The number of rotatable bonds is 5. The first-order valence-corrected chi connectivity index (χ1v) is 9.09. The second-order valence-electron chi connectivity index (χ2n) is 5.71. The maximum atomic E-state index is 12.3. The quantitative estimate of drug-likeness (QED) is 0.758.